The first-order valence-corrected chi connectivity index (χ1v) is 10.5. The van der Waals surface area contributed by atoms with Gasteiger partial charge in [0.2, 0.25) is 0 Å². The number of hydrogen-bond acceptors (Lipinski definition) is 2. The summed E-state index contributed by atoms with van der Waals surface area (Å²) in [7, 11) is 0. The molecule has 4 bridgehead atoms. The van der Waals surface area contributed by atoms with Crippen molar-refractivity contribution in [3.8, 4) is 0 Å². The fourth-order valence-corrected chi connectivity index (χ4v) is 6.10. The quantitative estimate of drug-likeness (QED) is 0.515. The molecule has 0 atom stereocenters. The van der Waals surface area contributed by atoms with Gasteiger partial charge >= 0.3 is 0 Å². The smallest absolute Gasteiger partial charge is 0.0716 e. The van der Waals surface area contributed by atoms with Gasteiger partial charge in [-0.3, -0.25) is 0 Å². The van der Waals surface area contributed by atoms with E-state index in [-0.39, 0.29) is 0 Å². The van der Waals surface area contributed by atoms with Crippen LogP contribution in [0.25, 0.3) is 0 Å². The van der Waals surface area contributed by atoms with Gasteiger partial charge in [0.25, 0.3) is 0 Å². The average molecular weight is 343 g/mol. The van der Waals surface area contributed by atoms with E-state index in [0.717, 1.165) is 50.6 Å². The maximum absolute atomic E-state index is 6.15. The predicted octanol–water partition coefficient (Wildman–Crippen LogP) is 5.61. The average Bonchev–Trinajstić information content (AvgIpc) is 2.60. The molecular formula is C23H34O2. The van der Waals surface area contributed by atoms with E-state index in [0.29, 0.717) is 5.41 Å². The fourth-order valence-electron chi connectivity index (χ4n) is 6.10. The van der Waals surface area contributed by atoms with E-state index in [1.54, 1.807) is 0 Å². The predicted molar refractivity (Wildman–Crippen MR) is 101 cm³/mol. The normalized spacial score (nSPS) is 33.0. The molecule has 0 spiro atoms. The fraction of sp³-hybridized carbons (Fsp3) is 0.739. The van der Waals surface area contributed by atoms with Crippen molar-refractivity contribution in [2.75, 3.05) is 19.8 Å². The van der Waals surface area contributed by atoms with Gasteiger partial charge in [-0.05, 0) is 86.5 Å². The number of rotatable bonds is 10. The first-order chi connectivity index (χ1) is 12.3. The van der Waals surface area contributed by atoms with Crippen LogP contribution < -0.4 is 0 Å². The molecule has 5 rings (SSSR count). The van der Waals surface area contributed by atoms with Crippen molar-refractivity contribution in [3.63, 3.8) is 0 Å². The van der Waals surface area contributed by atoms with Crippen molar-refractivity contribution in [1.29, 1.82) is 0 Å². The van der Waals surface area contributed by atoms with Crippen LogP contribution in [-0.4, -0.2) is 19.8 Å². The lowest BCUT2D eigenvalue weighted by atomic mass is 9.50. The topological polar surface area (TPSA) is 18.5 Å². The maximum Gasteiger partial charge on any atom is 0.0716 e. The van der Waals surface area contributed by atoms with E-state index < -0.39 is 0 Å². The second-order valence-corrected chi connectivity index (χ2v) is 9.07. The lowest BCUT2D eigenvalue weighted by Gasteiger charge is -2.56. The zero-order chi connectivity index (χ0) is 17.0. The molecule has 0 aromatic heterocycles. The molecule has 4 aliphatic rings. The van der Waals surface area contributed by atoms with Crippen LogP contribution in [0.1, 0.15) is 63.4 Å². The van der Waals surface area contributed by atoms with Gasteiger partial charge in [0, 0.05) is 13.2 Å². The summed E-state index contributed by atoms with van der Waals surface area (Å²) in [6.45, 7) is 3.59. The van der Waals surface area contributed by atoms with Crippen LogP contribution in [0.2, 0.25) is 0 Å². The summed E-state index contributed by atoms with van der Waals surface area (Å²) in [5, 5.41) is 0. The van der Waals surface area contributed by atoms with Gasteiger partial charge in [0.05, 0.1) is 13.2 Å². The molecule has 25 heavy (non-hydrogen) atoms. The van der Waals surface area contributed by atoms with Gasteiger partial charge in [-0.2, -0.15) is 0 Å². The van der Waals surface area contributed by atoms with Crippen molar-refractivity contribution in [3.05, 3.63) is 35.9 Å². The third-order valence-corrected chi connectivity index (χ3v) is 6.76. The molecule has 1 aromatic carbocycles. The Labute approximate surface area is 153 Å². The molecule has 0 radical (unpaired) electrons. The second-order valence-electron chi connectivity index (χ2n) is 9.07. The Balaban J connectivity index is 1.04. The molecule has 0 unspecified atom stereocenters. The molecule has 2 heteroatoms. The van der Waals surface area contributed by atoms with Gasteiger partial charge in [-0.25, -0.2) is 0 Å². The lowest BCUT2D eigenvalue weighted by molar-refractivity contribution is -0.0966. The van der Waals surface area contributed by atoms with Gasteiger partial charge in [-0.1, -0.05) is 30.3 Å². The van der Waals surface area contributed by atoms with Crippen LogP contribution in [0.15, 0.2) is 30.3 Å². The number of unbranched alkanes of at least 4 members (excludes halogenated alkanes) is 2. The van der Waals surface area contributed by atoms with Gasteiger partial charge < -0.3 is 9.47 Å². The summed E-state index contributed by atoms with van der Waals surface area (Å²) in [5.74, 6) is 3.12. The minimum absolute atomic E-state index is 0.577. The molecule has 0 saturated heterocycles. The van der Waals surface area contributed by atoms with Crippen LogP contribution in [0.4, 0.5) is 0 Å². The van der Waals surface area contributed by atoms with Gasteiger partial charge in [0.1, 0.15) is 0 Å². The summed E-state index contributed by atoms with van der Waals surface area (Å²) in [4.78, 5) is 0. The zero-order valence-electron chi connectivity index (χ0n) is 15.6. The SMILES string of the molecule is c1ccc(COCCCCCOCC23CC4CC(CC(C4)C2)C3)cc1. The summed E-state index contributed by atoms with van der Waals surface area (Å²) in [5.41, 5.74) is 1.84. The molecule has 2 nitrogen and oxygen atoms in total. The molecule has 0 amide bonds. The summed E-state index contributed by atoms with van der Waals surface area (Å²) < 4.78 is 11.9. The Bertz CT molecular complexity index is 489. The van der Waals surface area contributed by atoms with Crippen molar-refractivity contribution in [2.24, 2.45) is 23.2 Å². The van der Waals surface area contributed by atoms with E-state index in [4.69, 9.17) is 9.47 Å². The van der Waals surface area contributed by atoms with Crippen molar-refractivity contribution in [1.82, 2.24) is 0 Å². The van der Waals surface area contributed by atoms with Crippen LogP contribution in [0.5, 0.6) is 0 Å². The Hall–Kier alpha value is -0.860. The highest BCUT2D eigenvalue weighted by Crippen LogP contribution is 2.60. The van der Waals surface area contributed by atoms with E-state index in [9.17, 15) is 0 Å². The van der Waals surface area contributed by atoms with E-state index in [1.165, 1.54) is 56.9 Å². The van der Waals surface area contributed by atoms with E-state index in [1.807, 2.05) is 6.07 Å². The largest absolute Gasteiger partial charge is 0.381 e. The molecule has 0 N–H and O–H groups in total. The van der Waals surface area contributed by atoms with Crippen molar-refractivity contribution >= 4 is 0 Å². The minimum atomic E-state index is 0.577. The van der Waals surface area contributed by atoms with Gasteiger partial charge in [-0.15, -0.1) is 0 Å². The molecular weight excluding hydrogens is 308 g/mol. The molecule has 138 valence electrons. The van der Waals surface area contributed by atoms with Crippen LogP contribution >= 0.6 is 0 Å². The van der Waals surface area contributed by atoms with E-state index >= 15 is 0 Å². The molecule has 0 aliphatic heterocycles. The summed E-state index contributed by atoms with van der Waals surface area (Å²) in [6.07, 6.45) is 12.5. The summed E-state index contributed by atoms with van der Waals surface area (Å²) >= 11 is 0. The minimum Gasteiger partial charge on any atom is -0.381 e. The molecule has 1 aromatic rings. The van der Waals surface area contributed by atoms with Crippen molar-refractivity contribution in [2.45, 2.75) is 64.4 Å². The van der Waals surface area contributed by atoms with Gasteiger partial charge in [0.15, 0.2) is 0 Å². The van der Waals surface area contributed by atoms with E-state index in [2.05, 4.69) is 24.3 Å². The maximum atomic E-state index is 6.15. The van der Waals surface area contributed by atoms with Crippen LogP contribution in [-0.2, 0) is 16.1 Å². The van der Waals surface area contributed by atoms with Crippen LogP contribution in [0.3, 0.4) is 0 Å². The molecule has 4 fully saturated rings. The second kappa shape index (κ2) is 8.22. The Morgan fingerprint density at radius 2 is 1.36 bits per heavy atom. The third kappa shape index (κ3) is 4.65. The molecule has 0 heterocycles. The monoisotopic (exact) mass is 342 g/mol. The first kappa shape index (κ1) is 17.5. The molecule has 4 saturated carbocycles. The highest BCUT2D eigenvalue weighted by atomic mass is 16.5. The Morgan fingerprint density at radius 3 is 2.00 bits per heavy atom. The standard InChI is InChI=1S/C23H34O2/c1-3-7-19(8-4-1)17-24-9-5-2-6-10-25-18-23-14-20-11-21(15-23)13-22(12-20)16-23/h1,3-4,7-8,20-22H,2,5-6,9-18H2. The lowest BCUT2D eigenvalue weighted by Crippen LogP contribution is -2.48. The first-order valence-electron chi connectivity index (χ1n) is 10.5. The highest BCUT2D eigenvalue weighted by Gasteiger charge is 2.50. The highest BCUT2D eigenvalue weighted by molar-refractivity contribution is 5.13. The zero-order valence-corrected chi connectivity index (χ0v) is 15.6. The van der Waals surface area contributed by atoms with Crippen molar-refractivity contribution < 1.29 is 9.47 Å². The number of benzene rings is 1. The number of hydrogen-bond donors (Lipinski definition) is 0. The third-order valence-electron chi connectivity index (χ3n) is 6.76. The Kier molecular flexibility index (Phi) is 5.77. The summed E-state index contributed by atoms with van der Waals surface area (Å²) in [6, 6.07) is 10.4. The Morgan fingerprint density at radius 1 is 0.760 bits per heavy atom. The molecule has 4 aliphatic carbocycles. The van der Waals surface area contributed by atoms with Crippen LogP contribution in [0, 0.1) is 23.2 Å². The number of ether oxygens (including phenoxy) is 2.